The maximum absolute atomic E-state index is 2.49. The van der Waals surface area contributed by atoms with Gasteiger partial charge in [0.1, 0.15) is 0 Å². The standard InChI is InChI=1S/C49H34S/c1-49(2)43-30-34(28-29-41(43)48-47(49)42-22-12-13-23-44(42)50-48)45-37-18-8-10-20-39(37)46(40-21-11-9-19-38(40)45)36-17-7-6-16-35(36)33-26-24-32(25-27-33)31-14-4-3-5-15-31/h3-30H,1-2H3. The molecule has 0 N–H and O–H groups in total. The molecule has 0 saturated carbocycles. The van der Waals surface area contributed by atoms with Crippen LogP contribution in [0.5, 0.6) is 0 Å². The summed E-state index contributed by atoms with van der Waals surface area (Å²) in [5.74, 6) is 0. The van der Waals surface area contributed by atoms with Crippen molar-refractivity contribution in [3.8, 4) is 54.9 Å². The van der Waals surface area contributed by atoms with Crippen molar-refractivity contribution in [2.24, 2.45) is 0 Å². The second-order valence-electron chi connectivity index (χ2n) is 14.0. The van der Waals surface area contributed by atoms with E-state index in [0.29, 0.717) is 0 Å². The summed E-state index contributed by atoms with van der Waals surface area (Å²) in [5.41, 5.74) is 14.3. The molecule has 10 rings (SSSR count). The van der Waals surface area contributed by atoms with Crippen molar-refractivity contribution in [3.05, 3.63) is 181 Å². The normalized spacial score (nSPS) is 13.2. The number of fused-ring (bicyclic) bond motifs is 7. The zero-order valence-electron chi connectivity index (χ0n) is 28.1. The third-order valence-corrected chi connectivity index (χ3v) is 12.1. The fraction of sp³-hybridized carbons (Fsp3) is 0.0612. The van der Waals surface area contributed by atoms with Gasteiger partial charge in [0.2, 0.25) is 0 Å². The van der Waals surface area contributed by atoms with Crippen molar-refractivity contribution >= 4 is 43.0 Å². The van der Waals surface area contributed by atoms with E-state index in [9.17, 15) is 0 Å². The smallest absolute Gasteiger partial charge is 0.0399 e. The highest BCUT2D eigenvalue weighted by Crippen LogP contribution is 2.56. The first-order valence-electron chi connectivity index (χ1n) is 17.4. The third kappa shape index (κ3) is 4.30. The highest BCUT2D eigenvalue weighted by Gasteiger charge is 2.39. The molecule has 1 aliphatic carbocycles. The van der Waals surface area contributed by atoms with Crippen LogP contribution >= 0.6 is 11.3 Å². The van der Waals surface area contributed by atoms with Gasteiger partial charge in [0.25, 0.3) is 0 Å². The van der Waals surface area contributed by atoms with Crippen molar-refractivity contribution in [1.82, 2.24) is 0 Å². The largest absolute Gasteiger partial charge is 0.135 e. The zero-order valence-corrected chi connectivity index (χ0v) is 28.9. The van der Waals surface area contributed by atoms with E-state index in [-0.39, 0.29) is 5.41 Å². The predicted octanol–water partition coefficient (Wildman–Crippen LogP) is 14.2. The molecule has 0 spiro atoms. The highest BCUT2D eigenvalue weighted by molar-refractivity contribution is 7.22. The molecule has 0 fully saturated rings. The van der Waals surface area contributed by atoms with Crippen LogP contribution in [0.15, 0.2) is 170 Å². The molecule has 0 atom stereocenters. The molecule has 1 aromatic heterocycles. The Morgan fingerprint density at radius 2 is 0.880 bits per heavy atom. The van der Waals surface area contributed by atoms with Crippen LogP contribution in [0.4, 0.5) is 0 Å². The first kappa shape index (κ1) is 29.2. The zero-order chi connectivity index (χ0) is 33.4. The van der Waals surface area contributed by atoms with Gasteiger partial charge in [0.05, 0.1) is 0 Å². The van der Waals surface area contributed by atoms with Crippen molar-refractivity contribution in [2.45, 2.75) is 19.3 Å². The summed E-state index contributed by atoms with van der Waals surface area (Å²) >= 11 is 1.94. The lowest BCUT2D eigenvalue weighted by molar-refractivity contribution is 0.667. The van der Waals surface area contributed by atoms with Crippen molar-refractivity contribution in [1.29, 1.82) is 0 Å². The molecular weight excluding hydrogens is 621 g/mol. The topological polar surface area (TPSA) is 0 Å². The minimum atomic E-state index is -0.0825. The van der Waals surface area contributed by atoms with Gasteiger partial charge in [-0.2, -0.15) is 0 Å². The van der Waals surface area contributed by atoms with Crippen LogP contribution in [-0.2, 0) is 5.41 Å². The Bertz CT molecular complexity index is 2700. The van der Waals surface area contributed by atoms with Gasteiger partial charge in [-0.1, -0.05) is 172 Å². The number of thiophene rings is 1. The summed E-state index contributed by atoms with van der Waals surface area (Å²) in [4.78, 5) is 1.43. The molecular formula is C49H34S. The van der Waals surface area contributed by atoms with Crippen LogP contribution in [0.3, 0.4) is 0 Å². The highest BCUT2D eigenvalue weighted by atomic mass is 32.1. The molecule has 0 amide bonds. The van der Waals surface area contributed by atoms with Gasteiger partial charge >= 0.3 is 0 Å². The number of rotatable bonds is 4. The van der Waals surface area contributed by atoms with Gasteiger partial charge in [-0.3, -0.25) is 0 Å². The fourth-order valence-corrected chi connectivity index (χ4v) is 9.96. The number of benzene rings is 8. The van der Waals surface area contributed by atoms with E-state index in [4.69, 9.17) is 0 Å². The minimum Gasteiger partial charge on any atom is -0.135 e. The van der Waals surface area contributed by atoms with Crippen molar-refractivity contribution < 1.29 is 0 Å². The average molecular weight is 655 g/mol. The Morgan fingerprint density at radius 1 is 0.380 bits per heavy atom. The van der Waals surface area contributed by atoms with Gasteiger partial charge in [-0.15, -0.1) is 11.3 Å². The van der Waals surface area contributed by atoms with E-state index in [1.807, 2.05) is 11.3 Å². The third-order valence-electron chi connectivity index (χ3n) is 10.9. The summed E-state index contributed by atoms with van der Waals surface area (Å²) in [6, 6.07) is 62.8. The Balaban J connectivity index is 1.18. The number of hydrogen-bond donors (Lipinski definition) is 0. The maximum atomic E-state index is 2.49. The summed E-state index contributed by atoms with van der Waals surface area (Å²) in [5, 5.41) is 6.51. The van der Waals surface area contributed by atoms with Gasteiger partial charge in [-0.25, -0.2) is 0 Å². The van der Waals surface area contributed by atoms with Crippen molar-refractivity contribution in [3.63, 3.8) is 0 Å². The van der Waals surface area contributed by atoms with E-state index in [0.717, 1.165) is 0 Å². The summed E-state index contributed by atoms with van der Waals surface area (Å²) in [7, 11) is 0. The lowest BCUT2D eigenvalue weighted by Gasteiger charge is -2.23. The molecule has 0 radical (unpaired) electrons. The molecule has 0 nitrogen and oxygen atoms in total. The van der Waals surface area contributed by atoms with Crippen LogP contribution in [0.2, 0.25) is 0 Å². The molecule has 0 unspecified atom stereocenters. The summed E-state index contributed by atoms with van der Waals surface area (Å²) in [6.07, 6.45) is 0. The lowest BCUT2D eigenvalue weighted by Crippen LogP contribution is -2.15. The first-order chi connectivity index (χ1) is 24.6. The minimum absolute atomic E-state index is 0.0825. The van der Waals surface area contributed by atoms with E-state index in [1.54, 1.807) is 0 Å². The lowest BCUT2D eigenvalue weighted by atomic mass is 9.79. The molecule has 0 aliphatic heterocycles. The Hall–Kier alpha value is -5.76. The molecule has 1 aliphatic rings. The first-order valence-corrected chi connectivity index (χ1v) is 18.3. The predicted molar refractivity (Wildman–Crippen MR) is 216 cm³/mol. The molecule has 1 heterocycles. The fourth-order valence-electron chi connectivity index (χ4n) is 8.56. The molecule has 9 aromatic rings. The second-order valence-corrected chi connectivity index (χ2v) is 15.1. The summed E-state index contributed by atoms with van der Waals surface area (Å²) < 4.78 is 1.38. The van der Waals surface area contributed by atoms with Gasteiger partial charge in [0.15, 0.2) is 0 Å². The van der Waals surface area contributed by atoms with E-state index in [2.05, 4.69) is 184 Å². The van der Waals surface area contributed by atoms with E-state index >= 15 is 0 Å². The molecule has 1 heteroatoms. The molecule has 236 valence electrons. The van der Waals surface area contributed by atoms with Crippen LogP contribution in [0.1, 0.15) is 25.0 Å². The van der Waals surface area contributed by atoms with Crippen molar-refractivity contribution in [2.75, 3.05) is 0 Å². The monoisotopic (exact) mass is 654 g/mol. The SMILES string of the molecule is CC1(C)c2cc(-c3c4ccccc4c(-c4ccccc4-c4ccc(-c5ccccc5)cc4)c4ccccc34)ccc2-c2sc3ccccc3c21. The maximum Gasteiger partial charge on any atom is 0.0399 e. The van der Waals surface area contributed by atoms with Gasteiger partial charge in [-0.05, 0) is 100 Å². The van der Waals surface area contributed by atoms with E-state index in [1.165, 1.54) is 97.7 Å². The number of hydrogen-bond acceptors (Lipinski definition) is 1. The summed E-state index contributed by atoms with van der Waals surface area (Å²) in [6.45, 7) is 4.81. The Morgan fingerprint density at radius 3 is 1.56 bits per heavy atom. The molecule has 8 aromatic carbocycles. The van der Waals surface area contributed by atoms with Crippen LogP contribution in [0.25, 0.3) is 86.6 Å². The molecule has 50 heavy (non-hydrogen) atoms. The molecule has 0 bridgehead atoms. The van der Waals surface area contributed by atoms with Crippen LogP contribution in [-0.4, -0.2) is 0 Å². The van der Waals surface area contributed by atoms with E-state index < -0.39 is 0 Å². The average Bonchev–Trinajstić information content (AvgIpc) is 3.67. The quantitative estimate of drug-likeness (QED) is 0.166. The van der Waals surface area contributed by atoms with Crippen LogP contribution < -0.4 is 0 Å². The second kappa shape index (κ2) is 11.1. The molecule has 0 saturated heterocycles. The van der Waals surface area contributed by atoms with Crippen LogP contribution in [0, 0.1) is 0 Å². The Kier molecular flexibility index (Phi) is 6.50. The van der Waals surface area contributed by atoms with Gasteiger partial charge < -0.3 is 0 Å². The van der Waals surface area contributed by atoms with Gasteiger partial charge in [0, 0.05) is 15.0 Å². The Labute approximate surface area is 296 Å².